The van der Waals surface area contributed by atoms with Crippen LogP contribution in [0.1, 0.15) is 54.6 Å². The molecular formula is C16H20N2O. The molecule has 0 spiro atoms. The zero-order valence-electron chi connectivity index (χ0n) is 11.8. The number of nitriles is 1. The van der Waals surface area contributed by atoms with Crippen molar-refractivity contribution in [2.45, 2.75) is 46.1 Å². The van der Waals surface area contributed by atoms with Crippen molar-refractivity contribution in [1.29, 1.82) is 5.26 Å². The van der Waals surface area contributed by atoms with Gasteiger partial charge in [0.05, 0.1) is 11.6 Å². The first-order valence-electron chi connectivity index (χ1n) is 6.75. The van der Waals surface area contributed by atoms with E-state index in [1.54, 1.807) is 18.2 Å². The first kappa shape index (κ1) is 13.6. The van der Waals surface area contributed by atoms with Gasteiger partial charge in [-0.05, 0) is 48.9 Å². The first-order chi connectivity index (χ1) is 8.94. The standard InChI is InChI=1S/C16H20N2O/c1-11-9-12(10-17)6-7-13(11)15(19)18-14-5-4-8-16(14,2)3/h6-7,9,14H,4-5,8H2,1-3H3,(H,18,19). The van der Waals surface area contributed by atoms with Crippen LogP contribution in [0, 0.1) is 23.7 Å². The number of amides is 1. The van der Waals surface area contributed by atoms with E-state index >= 15 is 0 Å². The summed E-state index contributed by atoms with van der Waals surface area (Å²) in [6.07, 6.45) is 3.38. The maximum absolute atomic E-state index is 12.3. The van der Waals surface area contributed by atoms with Crippen LogP contribution in [0.5, 0.6) is 0 Å². The minimum Gasteiger partial charge on any atom is -0.349 e. The van der Waals surface area contributed by atoms with E-state index in [0.29, 0.717) is 11.1 Å². The van der Waals surface area contributed by atoms with Crippen molar-refractivity contribution in [3.05, 3.63) is 34.9 Å². The lowest BCUT2D eigenvalue weighted by Crippen LogP contribution is -2.41. The van der Waals surface area contributed by atoms with Crippen molar-refractivity contribution in [2.24, 2.45) is 5.41 Å². The van der Waals surface area contributed by atoms with Crippen molar-refractivity contribution in [3.8, 4) is 6.07 Å². The van der Waals surface area contributed by atoms with Crippen molar-refractivity contribution >= 4 is 5.91 Å². The van der Waals surface area contributed by atoms with Crippen LogP contribution in [0.2, 0.25) is 0 Å². The third-order valence-corrected chi connectivity index (χ3v) is 4.16. The fourth-order valence-electron chi connectivity index (χ4n) is 2.82. The molecule has 0 bridgehead atoms. The second-order valence-corrected chi connectivity index (χ2v) is 6.05. The highest BCUT2D eigenvalue weighted by Gasteiger charge is 2.35. The number of hydrogen-bond acceptors (Lipinski definition) is 2. The molecule has 0 heterocycles. The van der Waals surface area contributed by atoms with Gasteiger partial charge in [0.15, 0.2) is 0 Å². The molecule has 100 valence electrons. The van der Waals surface area contributed by atoms with E-state index in [9.17, 15) is 4.79 Å². The fourth-order valence-corrected chi connectivity index (χ4v) is 2.82. The zero-order chi connectivity index (χ0) is 14.0. The summed E-state index contributed by atoms with van der Waals surface area (Å²) >= 11 is 0. The Morgan fingerprint density at radius 2 is 2.21 bits per heavy atom. The molecule has 1 aromatic rings. The van der Waals surface area contributed by atoms with Gasteiger partial charge in [-0.15, -0.1) is 0 Å². The topological polar surface area (TPSA) is 52.9 Å². The van der Waals surface area contributed by atoms with Crippen LogP contribution in [0.25, 0.3) is 0 Å². The normalized spacial score (nSPS) is 20.8. The number of benzene rings is 1. The fraction of sp³-hybridized carbons (Fsp3) is 0.500. The van der Waals surface area contributed by atoms with E-state index in [1.807, 2.05) is 6.92 Å². The van der Waals surface area contributed by atoms with Gasteiger partial charge in [0, 0.05) is 11.6 Å². The van der Waals surface area contributed by atoms with Crippen LogP contribution in [-0.2, 0) is 0 Å². The van der Waals surface area contributed by atoms with Crippen LogP contribution in [0.3, 0.4) is 0 Å². The van der Waals surface area contributed by atoms with Crippen molar-refractivity contribution in [3.63, 3.8) is 0 Å². The zero-order valence-corrected chi connectivity index (χ0v) is 11.8. The summed E-state index contributed by atoms with van der Waals surface area (Å²) in [7, 11) is 0. The summed E-state index contributed by atoms with van der Waals surface area (Å²) in [6, 6.07) is 7.53. The summed E-state index contributed by atoms with van der Waals surface area (Å²) < 4.78 is 0. The average Bonchev–Trinajstić information content (AvgIpc) is 2.68. The number of rotatable bonds is 2. The van der Waals surface area contributed by atoms with E-state index in [2.05, 4.69) is 25.2 Å². The van der Waals surface area contributed by atoms with E-state index < -0.39 is 0 Å². The van der Waals surface area contributed by atoms with E-state index in [0.717, 1.165) is 18.4 Å². The Morgan fingerprint density at radius 3 is 2.74 bits per heavy atom. The molecule has 1 aromatic carbocycles. The van der Waals surface area contributed by atoms with Crippen LogP contribution in [0.15, 0.2) is 18.2 Å². The molecule has 1 fully saturated rings. The molecule has 0 aliphatic heterocycles. The van der Waals surface area contributed by atoms with Gasteiger partial charge in [0.25, 0.3) is 5.91 Å². The molecule has 3 heteroatoms. The molecule has 2 rings (SSSR count). The SMILES string of the molecule is Cc1cc(C#N)ccc1C(=O)NC1CCCC1(C)C. The molecule has 1 saturated carbocycles. The van der Waals surface area contributed by atoms with Gasteiger partial charge in [-0.1, -0.05) is 20.3 Å². The Bertz CT molecular complexity index is 540. The predicted octanol–water partition coefficient (Wildman–Crippen LogP) is 3.18. The summed E-state index contributed by atoms with van der Waals surface area (Å²) in [6.45, 7) is 6.28. The third-order valence-electron chi connectivity index (χ3n) is 4.16. The maximum Gasteiger partial charge on any atom is 0.251 e. The molecule has 3 nitrogen and oxygen atoms in total. The highest BCUT2D eigenvalue weighted by molar-refractivity contribution is 5.96. The molecule has 1 amide bonds. The van der Waals surface area contributed by atoms with E-state index in [4.69, 9.17) is 5.26 Å². The molecule has 1 unspecified atom stereocenters. The second-order valence-electron chi connectivity index (χ2n) is 6.05. The Labute approximate surface area is 114 Å². The van der Waals surface area contributed by atoms with Gasteiger partial charge in [0.2, 0.25) is 0 Å². The second kappa shape index (κ2) is 5.05. The third kappa shape index (κ3) is 2.78. The minimum atomic E-state index is -0.0260. The summed E-state index contributed by atoms with van der Waals surface area (Å²) in [5, 5.41) is 12.0. The molecule has 1 aliphatic carbocycles. The quantitative estimate of drug-likeness (QED) is 0.883. The molecule has 0 aromatic heterocycles. The lowest BCUT2D eigenvalue weighted by Gasteiger charge is -2.28. The smallest absolute Gasteiger partial charge is 0.251 e. The van der Waals surface area contributed by atoms with Crippen LogP contribution < -0.4 is 5.32 Å². The molecule has 1 N–H and O–H groups in total. The van der Waals surface area contributed by atoms with Crippen molar-refractivity contribution in [2.75, 3.05) is 0 Å². The number of nitrogens with one attached hydrogen (secondary N) is 1. The first-order valence-corrected chi connectivity index (χ1v) is 6.75. The molecule has 0 saturated heterocycles. The molecule has 0 radical (unpaired) electrons. The highest BCUT2D eigenvalue weighted by atomic mass is 16.1. The number of hydrogen-bond donors (Lipinski definition) is 1. The average molecular weight is 256 g/mol. The molecule has 1 aliphatic rings. The summed E-state index contributed by atoms with van der Waals surface area (Å²) in [5.74, 6) is -0.0260. The Morgan fingerprint density at radius 1 is 1.47 bits per heavy atom. The Balaban J connectivity index is 2.15. The van der Waals surface area contributed by atoms with Gasteiger partial charge >= 0.3 is 0 Å². The van der Waals surface area contributed by atoms with Crippen LogP contribution >= 0.6 is 0 Å². The van der Waals surface area contributed by atoms with Gasteiger partial charge in [-0.25, -0.2) is 0 Å². The summed E-state index contributed by atoms with van der Waals surface area (Å²) in [4.78, 5) is 12.3. The van der Waals surface area contributed by atoms with Gasteiger partial charge < -0.3 is 5.32 Å². The molecule has 1 atom stereocenters. The van der Waals surface area contributed by atoms with Gasteiger partial charge in [0.1, 0.15) is 0 Å². The monoisotopic (exact) mass is 256 g/mol. The summed E-state index contributed by atoms with van der Waals surface area (Å²) in [5.41, 5.74) is 2.29. The lowest BCUT2D eigenvalue weighted by molar-refractivity contribution is 0.0909. The lowest BCUT2D eigenvalue weighted by atomic mass is 9.87. The van der Waals surface area contributed by atoms with Gasteiger partial charge in [-0.2, -0.15) is 5.26 Å². The van der Waals surface area contributed by atoms with Crippen molar-refractivity contribution < 1.29 is 4.79 Å². The number of carbonyl (C=O) groups excluding carboxylic acids is 1. The highest BCUT2D eigenvalue weighted by Crippen LogP contribution is 2.37. The number of nitrogens with zero attached hydrogens (tertiary/aromatic N) is 1. The Kier molecular flexibility index (Phi) is 3.61. The molecule has 19 heavy (non-hydrogen) atoms. The van der Waals surface area contributed by atoms with E-state index in [1.165, 1.54) is 6.42 Å². The van der Waals surface area contributed by atoms with Gasteiger partial charge in [-0.3, -0.25) is 4.79 Å². The van der Waals surface area contributed by atoms with Crippen LogP contribution in [0.4, 0.5) is 0 Å². The largest absolute Gasteiger partial charge is 0.349 e. The van der Waals surface area contributed by atoms with Crippen molar-refractivity contribution in [1.82, 2.24) is 5.32 Å². The number of carbonyl (C=O) groups is 1. The Hall–Kier alpha value is -1.82. The van der Waals surface area contributed by atoms with Crippen LogP contribution in [-0.4, -0.2) is 11.9 Å². The number of aryl methyl sites for hydroxylation is 1. The predicted molar refractivity (Wildman–Crippen MR) is 74.8 cm³/mol. The maximum atomic E-state index is 12.3. The molecular weight excluding hydrogens is 236 g/mol. The van der Waals surface area contributed by atoms with E-state index in [-0.39, 0.29) is 17.4 Å². The minimum absolute atomic E-state index is 0.0260.